The third kappa shape index (κ3) is 3.87. The number of amides is 4. The van der Waals surface area contributed by atoms with E-state index in [1.165, 1.54) is 24.1 Å². The van der Waals surface area contributed by atoms with Gasteiger partial charge in [-0.15, -0.1) is 0 Å². The van der Waals surface area contributed by atoms with Gasteiger partial charge >= 0.3 is 0 Å². The number of pyridine rings is 1. The zero-order chi connectivity index (χ0) is 22.1. The van der Waals surface area contributed by atoms with Crippen molar-refractivity contribution >= 4 is 29.5 Å². The zero-order valence-corrected chi connectivity index (χ0v) is 16.6. The Morgan fingerprint density at radius 2 is 2.06 bits per heavy atom. The second kappa shape index (κ2) is 7.98. The van der Waals surface area contributed by atoms with Crippen LogP contribution in [0, 0.1) is 5.41 Å². The Hall–Kier alpha value is -4.08. The quantitative estimate of drug-likeness (QED) is 0.375. The molecule has 0 bridgehead atoms. The van der Waals surface area contributed by atoms with E-state index in [0.29, 0.717) is 17.0 Å². The number of nitrogens with one attached hydrogen (secondary N) is 3. The van der Waals surface area contributed by atoms with Crippen LogP contribution in [-0.2, 0) is 16.1 Å². The minimum absolute atomic E-state index is 0.163. The maximum atomic E-state index is 12.7. The van der Waals surface area contributed by atoms with Gasteiger partial charge in [0.25, 0.3) is 11.8 Å². The summed E-state index contributed by atoms with van der Waals surface area (Å²) in [5.41, 5.74) is 1.52. The highest BCUT2D eigenvalue weighted by Gasteiger charge is 2.39. The van der Waals surface area contributed by atoms with Crippen LogP contribution in [0.2, 0.25) is 0 Å². The molecular weight excluding hydrogens is 402 g/mol. The smallest absolute Gasteiger partial charge is 0.256 e. The summed E-state index contributed by atoms with van der Waals surface area (Å²) in [5, 5.41) is 12.8. The van der Waals surface area contributed by atoms with Crippen molar-refractivity contribution in [3.05, 3.63) is 58.8 Å². The molecule has 1 aromatic heterocycles. The van der Waals surface area contributed by atoms with Crippen LogP contribution in [0.5, 0.6) is 5.88 Å². The van der Waals surface area contributed by atoms with E-state index in [4.69, 9.17) is 10.1 Å². The topological polar surface area (TPSA) is 142 Å². The Balaban J connectivity index is 1.49. The Morgan fingerprint density at radius 1 is 1.26 bits per heavy atom. The van der Waals surface area contributed by atoms with E-state index in [0.717, 1.165) is 0 Å². The maximum absolute atomic E-state index is 12.7. The summed E-state index contributed by atoms with van der Waals surface area (Å²) in [5.74, 6) is -1.55. The number of nitrogens with zero attached hydrogens (tertiary/aromatic N) is 2. The second-order valence-corrected chi connectivity index (χ2v) is 7.17. The number of carbonyl (C=O) groups excluding carboxylic acids is 4. The minimum atomic E-state index is -0.720. The van der Waals surface area contributed by atoms with Crippen molar-refractivity contribution in [2.24, 2.45) is 0 Å². The van der Waals surface area contributed by atoms with Crippen LogP contribution in [0.1, 0.15) is 44.8 Å². The molecule has 2 aliphatic heterocycles. The van der Waals surface area contributed by atoms with Crippen molar-refractivity contribution < 1.29 is 23.9 Å². The van der Waals surface area contributed by atoms with E-state index in [1.54, 1.807) is 24.3 Å². The van der Waals surface area contributed by atoms with Crippen LogP contribution in [-0.4, -0.2) is 52.5 Å². The molecule has 3 heterocycles. The van der Waals surface area contributed by atoms with Gasteiger partial charge in [-0.05, 0) is 36.2 Å². The molecule has 4 rings (SSSR count). The van der Waals surface area contributed by atoms with Crippen LogP contribution in [0.15, 0.2) is 36.4 Å². The SMILES string of the molecule is COc1cccc(C(=N)NC(=O)c2ccc3c(c2)CN(C2CCC(=O)NC2=O)C3=O)n1. The van der Waals surface area contributed by atoms with E-state index < -0.39 is 17.9 Å². The molecule has 1 fully saturated rings. The Kier molecular flexibility index (Phi) is 5.20. The van der Waals surface area contributed by atoms with E-state index in [1.807, 2.05) is 0 Å². The van der Waals surface area contributed by atoms with Gasteiger partial charge in [0.15, 0.2) is 5.84 Å². The van der Waals surface area contributed by atoms with Crippen LogP contribution >= 0.6 is 0 Å². The first-order chi connectivity index (χ1) is 14.9. The van der Waals surface area contributed by atoms with Crippen LogP contribution in [0.25, 0.3) is 0 Å². The summed E-state index contributed by atoms with van der Waals surface area (Å²) < 4.78 is 5.02. The van der Waals surface area contributed by atoms with E-state index in [2.05, 4.69) is 15.6 Å². The largest absolute Gasteiger partial charge is 0.481 e. The molecule has 2 aromatic rings. The molecule has 0 spiro atoms. The number of hydrogen-bond acceptors (Lipinski definition) is 7. The number of ether oxygens (including phenoxy) is 1. The summed E-state index contributed by atoms with van der Waals surface area (Å²) in [6.07, 6.45) is 0.438. The first-order valence-corrected chi connectivity index (χ1v) is 9.56. The number of imide groups is 1. The molecule has 0 radical (unpaired) electrons. The van der Waals surface area contributed by atoms with Crippen molar-refractivity contribution in [3.8, 4) is 5.88 Å². The minimum Gasteiger partial charge on any atom is -0.481 e. The van der Waals surface area contributed by atoms with Gasteiger partial charge in [-0.2, -0.15) is 0 Å². The fourth-order valence-corrected chi connectivity index (χ4v) is 3.63. The second-order valence-electron chi connectivity index (χ2n) is 7.17. The van der Waals surface area contributed by atoms with Gasteiger partial charge in [-0.3, -0.25) is 29.9 Å². The molecule has 158 valence electrons. The summed E-state index contributed by atoms with van der Waals surface area (Å²) >= 11 is 0. The summed E-state index contributed by atoms with van der Waals surface area (Å²) in [4.78, 5) is 54.4. The maximum Gasteiger partial charge on any atom is 0.256 e. The molecule has 1 saturated heterocycles. The standard InChI is InChI=1S/C21H19N5O5/c1-31-17-4-2-3-14(23-17)18(22)25-19(28)11-5-6-13-12(9-11)10-26(21(13)30)15-7-8-16(27)24-20(15)29/h2-6,9,15H,7-8,10H2,1H3,(H2,22,25,28)(H,24,27,29). The highest BCUT2D eigenvalue weighted by molar-refractivity contribution is 6.11. The van der Waals surface area contributed by atoms with E-state index >= 15 is 0 Å². The third-order valence-corrected chi connectivity index (χ3v) is 5.21. The van der Waals surface area contributed by atoms with Crippen molar-refractivity contribution in [3.63, 3.8) is 0 Å². The normalized spacial score (nSPS) is 17.8. The van der Waals surface area contributed by atoms with E-state index in [9.17, 15) is 19.2 Å². The number of methoxy groups -OCH3 is 1. The number of rotatable bonds is 4. The van der Waals surface area contributed by atoms with Gasteiger partial charge in [-0.25, -0.2) is 4.98 Å². The number of aromatic nitrogens is 1. The third-order valence-electron chi connectivity index (χ3n) is 5.21. The molecule has 1 aromatic carbocycles. The molecule has 1 unspecified atom stereocenters. The molecule has 10 heteroatoms. The molecule has 0 aliphatic carbocycles. The first kappa shape index (κ1) is 20.2. The zero-order valence-electron chi connectivity index (χ0n) is 16.6. The number of fused-ring (bicyclic) bond motifs is 1. The van der Waals surface area contributed by atoms with Crippen LogP contribution in [0.4, 0.5) is 0 Å². The average molecular weight is 421 g/mol. The van der Waals surface area contributed by atoms with Crippen LogP contribution in [0.3, 0.4) is 0 Å². The number of amidine groups is 1. The van der Waals surface area contributed by atoms with Crippen molar-refractivity contribution in [1.29, 1.82) is 5.41 Å². The Labute approximate surface area is 177 Å². The number of hydrogen-bond donors (Lipinski definition) is 3. The predicted molar refractivity (Wildman–Crippen MR) is 108 cm³/mol. The number of piperidine rings is 1. The van der Waals surface area contributed by atoms with Gasteiger partial charge in [0, 0.05) is 30.2 Å². The van der Waals surface area contributed by atoms with Crippen molar-refractivity contribution in [2.45, 2.75) is 25.4 Å². The lowest BCUT2D eigenvalue weighted by Crippen LogP contribution is -2.52. The molecule has 31 heavy (non-hydrogen) atoms. The van der Waals surface area contributed by atoms with Gasteiger partial charge in [0.05, 0.1) is 7.11 Å². The molecule has 3 N–H and O–H groups in total. The average Bonchev–Trinajstić information content (AvgIpc) is 3.09. The van der Waals surface area contributed by atoms with E-state index in [-0.39, 0.29) is 48.3 Å². The summed E-state index contributed by atoms with van der Waals surface area (Å²) in [7, 11) is 1.46. The Bertz CT molecular complexity index is 1130. The number of benzene rings is 1. The van der Waals surface area contributed by atoms with Crippen molar-refractivity contribution in [1.82, 2.24) is 20.5 Å². The molecular formula is C21H19N5O5. The molecule has 2 aliphatic rings. The van der Waals surface area contributed by atoms with Gasteiger partial charge in [0.1, 0.15) is 11.7 Å². The molecule has 0 saturated carbocycles. The predicted octanol–water partition coefficient (Wildman–Crippen LogP) is 0.607. The lowest BCUT2D eigenvalue weighted by Gasteiger charge is -2.29. The first-order valence-electron chi connectivity index (χ1n) is 9.56. The molecule has 10 nitrogen and oxygen atoms in total. The summed E-state index contributed by atoms with van der Waals surface area (Å²) in [6.45, 7) is 0.163. The highest BCUT2D eigenvalue weighted by Crippen LogP contribution is 2.28. The molecule has 4 amide bonds. The van der Waals surface area contributed by atoms with Crippen molar-refractivity contribution in [2.75, 3.05) is 7.11 Å². The van der Waals surface area contributed by atoms with Crippen LogP contribution < -0.4 is 15.4 Å². The molecule has 1 atom stereocenters. The number of carbonyl (C=O) groups is 4. The lowest BCUT2D eigenvalue weighted by molar-refractivity contribution is -0.136. The van der Waals surface area contributed by atoms with Gasteiger partial charge < -0.3 is 15.0 Å². The van der Waals surface area contributed by atoms with Gasteiger partial charge in [0.2, 0.25) is 17.7 Å². The Morgan fingerprint density at radius 3 is 2.81 bits per heavy atom. The fraction of sp³-hybridized carbons (Fsp3) is 0.238. The highest BCUT2D eigenvalue weighted by atomic mass is 16.5. The fourth-order valence-electron chi connectivity index (χ4n) is 3.63. The summed E-state index contributed by atoms with van der Waals surface area (Å²) in [6, 6.07) is 8.74. The lowest BCUT2D eigenvalue weighted by atomic mass is 10.0. The van der Waals surface area contributed by atoms with Gasteiger partial charge in [-0.1, -0.05) is 6.07 Å². The monoisotopic (exact) mass is 421 g/mol.